The highest BCUT2D eigenvalue weighted by molar-refractivity contribution is 5.91. The first-order valence-electron chi connectivity index (χ1n) is 8.19. The van der Waals surface area contributed by atoms with E-state index in [1.165, 1.54) is 6.07 Å². The van der Waals surface area contributed by atoms with Gasteiger partial charge in [0, 0.05) is 30.6 Å². The average molecular weight is 330 g/mol. The number of carbonyl (C=O) groups is 1. The maximum Gasteiger partial charge on any atom is 0.292 e. The highest BCUT2D eigenvalue weighted by Gasteiger charge is 2.54. The van der Waals surface area contributed by atoms with E-state index >= 15 is 0 Å². The van der Waals surface area contributed by atoms with Crippen LogP contribution in [-0.2, 0) is 5.60 Å². The Morgan fingerprint density at radius 2 is 2.21 bits per heavy atom. The van der Waals surface area contributed by atoms with Gasteiger partial charge in [0.1, 0.15) is 5.82 Å². The Labute approximate surface area is 139 Å². The molecular formula is C18H19FN2O3. The molecule has 1 aromatic carbocycles. The van der Waals surface area contributed by atoms with Gasteiger partial charge in [0.25, 0.3) is 5.91 Å². The van der Waals surface area contributed by atoms with E-state index in [0.717, 1.165) is 6.42 Å². The van der Waals surface area contributed by atoms with Gasteiger partial charge in [0.15, 0.2) is 0 Å². The van der Waals surface area contributed by atoms with Gasteiger partial charge in [0.05, 0.1) is 11.3 Å². The summed E-state index contributed by atoms with van der Waals surface area (Å²) in [6, 6.07) is 7.97. The summed E-state index contributed by atoms with van der Waals surface area (Å²) >= 11 is 0. The van der Waals surface area contributed by atoms with Crippen molar-refractivity contribution in [1.29, 1.82) is 0 Å². The second-order valence-electron chi connectivity index (χ2n) is 6.85. The third-order valence-electron chi connectivity index (χ3n) is 5.42. The molecule has 126 valence electrons. The molecule has 1 aliphatic heterocycles. The van der Waals surface area contributed by atoms with Crippen LogP contribution in [0.1, 0.15) is 34.7 Å². The van der Waals surface area contributed by atoms with Crippen molar-refractivity contribution >= 4 is 5.91 Å². The first-order chi connectivity index (χ1) is 11.5. The number of carbonyl (C=O) groups excluding carboxylic acids is 1. The van der Waals surface area contributed by atoms with Gasteiger partial charge in [-0.05, 0) is 31.7 Å². The predicted molar refractivity (Wildman–Crippen MR) is 83.7 cm³/mol. The molecule has 1 N–H and O–H groups in total. The van der Waals surface area contributed by atoms with Gasteiger partial charge in [-0.3, -0.25) is 4.79 Å². The zero-order valence-corrected chi connectivity index (χ0v) is 13.4. The summed E-state index contributed by atoms with van der Waals surface area (Å²) < 4.78 is 19.3. The fraction of sp³-hybridized carbons (Fsp3) is 0.444. The third-order valence-corrected chi connectivity index (χ3v) is 5.42. The molecule has 4 rings (SSSR count). The summed E-state index contributed by atoms with van der Waals surface area (Å²) in [4.78, 5) is 14.2. The van der Waals surface area contributed by atoms with Crippen LogP contribution in [0, 0.1) is 24.6 Å². The van der Waals surface area contributed by atoms with Gasteiger partial charge in [0.2, 0.25) is 5.76 Å². The van der Waals surface area contributed by atoms with Gasteiger partial charge in [-0.1, -0.05) is 23.4 Å². The third kappa shape index (κ3) is 2.24. The molecule has 1 aliphatic carbocycles. The first-order valence-corrected chi connectivity index (χ1v) is 8.19. The van der Waals surface area contributed by atoms with Crippen molar-refractivity contribution in [3.8, 4) is 0 Å². The summed E-state index contributed by atoms with van der Waals surface area (Å²) in [6.45, 7) is 2.71. The van der Waals surface area contributed by atoms with Crippen LogP contribution in [-0.4, -0.2) is 34.2 Å². The van der Waals surface area contributed by atoms with E-state index in [1.807, 2.05) is 0 Å². The number of hydrogen-bond acceptors (Lipinski definition) is 4. The van der Waals surface area contributed by atoms with E-state index in [-0.39, 0.29) is 23.5 Å². The van der Waals surface area contributed by atoms with Gasteiger partial charge in [-0.15, -0.1) is 0 Å². The van der Waals surface area contributed by atoms with Crippen molar-refractivity contribution in [2.24, 2.45) is 11.8 Å². The van der Waals surface area contributed by atoms with Crippen LogP contribution in [0.3, 0.4) is 0 Å². The quantitative estimate of drug-likeness (QED) is 0.919. The van der Waals surface area contributed by atoms with E-state index in [9.17, 15) is 14.3 Å². The summed E-state index contributed by atoms with van der Waals surface area (Å²) in [5.74, 6) is -0.399. The summed E-state index contributed by atoms with van der Waals surface area (Å²) in [7, 11) is 0. The minimum Gasteiger partial charge on any atom is -0.385 e. The molecule has 3 atom stereocenters. The topological polar surface area (TPSA) is 66.6 Å². The zero-order chi connectivity index (χ0) is 16.9. The molecule has 0 spiro atoms. The maximum atomic E-state index is 14.2. The Balaban J connectivity index is 1.59. The van der Waals surface area contributed by atoms with Crippen molar-refractivity contribution < 1.29 is 18.8 Å². The van der Waals surface area contributed by atoms with E-state index in [0.29, 0.717) is 30.8 Å². The van der Waals surface area contributed by atoms with Crippen LogP contribution in [0.5, 0.6) is 0 Å². The van der Waals surface area contributed by atoms with E-state index < -0.39 is 11.4 Å². The van der Waals surface area contributed by atoms with Crippen molar-refractivity contribution in [2.45, 2.75) is 25.4 Å². The molecule has 1 aromatic heterocycles. The van der Waals surface area contributed by atoms with Crippen LogP contribution in [0.4, 0.5) is 4.39 Å². The summed E-state index contributed by atoms with van der Waals surface area (Å²) in [5, 5.41) is 14.9. The smallest absolute Gasteiger partial charge is 0.292 e. The number of halogens is 1. The number of aromatic nitrogens is 1. The number of fused-ring (bicyclic) bond motifs is 1. The van der Waals surface area contributed by atoms with Crippen molar-refractivity contribution in [3.05, 3.63) is 53.2 Å². The molecule has 5 nitrogen and oxygen atoms in total. The Morgan fingerprint density at radius 3 is 2.92 bits per heavy atom. The van der Waals surface area contributed by atoms with E-state index in [1.54, 1.807) is 36.1 Å². The maximum absolute atomic E-state index is 14.2. The van der Waals surface area contributed by atoms with Crippen LogP contribution >= 0.6 is 0 Å². The number of nitrogens with zero attached hydrogens (tertiary/aromatic N) is 2. The Kier molecular flexibility index (Phi) is 3.46. The molecule has 3 unspecified atom stereocenters. The lowest BCUT2D eigenvalue weighted by Gasteiger charge is -2.30. The van der Waals surface area contributed by atoms with Crippen molar-refractivity contribution in [1.82, 2.24) is 10.1 Å². The molecule has 2 heterocycles. The number of aryl methyl sites for hydroxylation is 1. The average Bonchev–Trinajstić information content (AvgIpc) is 3.25. The largest absolute Gasteiger partial charge is 0.385 e. The lowest BCUT2D eigenvalue weighted by molar-refractivity contribution is -0.00908. The molecular weight excluding hydrogens is 311 g/mol. The van der Waals surface area contributed by atoms with Gasteiger partial charge >= 0.3 is 0 Å². The number of rotatable bonds is 2. The SMILES string of the molecule is Cc1cc(C(=O)N2CC3CCC(O)(c4ccccc4F)C3C2)on1. The predicted octanol–water partition coefficient (Wildman–Crippen LogP) is 2.49. The van der Waals surface area contributed by atoms with Gasteiger partial charge in [-0.25, -0.2) is 4.39 Å². The van der Waals surface area contributed by atoms with Crippen molar-refractivity contribution in [2.75, 3.05) is 13.1 Å². The first kappa shape index (κ1) is 15.3. The fourth-order valence-electron chi connectivity index (χ4n) is 4.23. The normalized spacial score (nSPS) is 29.0. The second-order valence-corrected chi connectivity index (χ2v) is 6.85. The second kappa shape index (κ2) is 5.41. The number of benzene rings is 1. The lowest BCUT2D eigenvalue weighted by atomic mass is 9.82. The molecule has 1 amide bonds. The number of likely N-dealkylation sites (tertiary alicyclic amines) is 1. The van der Waals surface area contributed by atoms with Gasteiger partial charge < -0.3 is 14.5 Å². The zero-order valence-electron chi connectivity index (χ0n) is 13.4. The molecule has 0 bridgehead atoms. The molecule has 0 radical (unpaired) electrons. The lowest BCUT2D eigenvalue weighted by Crippen LogP contribution is -2.37. The van der Waals surface area contributed by atoms with Crippen LogP contribution < -0.4 is 0 Å². The molecule has 24 heavy (non-hydrogen) atoms. The molecule has 6 heteroatoms. The Hall–Kier alpha value is -2.21. The monoisotopic (exact) mass is 330 g/mol. The van der Waals surface area contributed by atoms with E-state index in [2.05, 4.69) is 5.16 Å². The number of amides is 1. The molecule has 1 saturated heterocycles. The minimum absolute atomic E-state index is 0.164. The summed E-state index contributed by atoms with van der Waals surface area (Å²) in [5.41, 5.74) is -0.231. The van der Waals surface area contributed by atoms with Crippen molar-refractivity contribution in [3.63, 3.8) is 0 Å². The standard InChI is InChI=1S/C18H19FN2O3/c1-11-8-16(24-20-11)17(22)21-9-12-6-7-18(23,14(12)10-21)13-4-2-3-5-15(13)19/h2-5,8,12,14,23H,6-7,9-10H2,1H3. The fourth-order valence-corrected chi connectivity index (χ4v) is 4.23. The van der Waals surface area contributed by atoms with Crippen LogP contribution in [0.15, 0.2) is 34.9 Å². The molecule has 2 fully saturated rings. The Morgan fingerprint density at radius 1 is 1.42 bits per heavy atom. The Bertz CT molecular complexity index is 790. The van der Waals surface area contributed by atoms with Gasteiger partial charge in [-0.2, -0.15) is 0 Å². The highest BCUT2D eigenvalue weighted by Crippen LogP contribution is 2.51. The summed E-state index contributed by atoms with van der Waals surface area (Å²) in [6.07, 6.45) is 1.29. The number of aliphatic hydroxyl groups is 1. The van der Waals surface area contributed by atoms with Crippen LogP contribution in [0.25, 0.3) is 0 Å². The molecule has 1 saturated carbocycles. The van der Waals surface area contributed by atoms with Crippen LogP contribution in [0.2, 0.25) is 0 Å². The minimum atomic E-state index is -1.22. The molecule has 2 aliphatic rings. The number of hydrogen-bond donors (Lipinski definition) is 1. The highest BCUT2D eigenvalue weighted by atomic mass is 19.1. The van der Waals surface area contributed by atoms with E-state index in [4.69, 9.17) is 4.52 Å². The molecule has 2 aromatic rings.